The molecule has 1 fully saturated rings. The number of rotatable bonds is 6. The van der Waals surface area contributed by atoms with Gasteiger partial charge >= 0.3 is 5.97 Å². The molecule has 1 amide bonds. The van der Waals surface area contributed by atoms with Crippen LogP contribution in [0.3, 0.4) is 0 Å². The number of hydrogen-bond acceptors (Lipinski definition) is 7. The van der Waals surface area contributed by atoms with E-state index >= 15 is 0 Å². The summed E-state index contributed by atoms with van der Waals surface area (Å²) in [6.07, 6.45) is 2.34. The molecule has 0 spiro atoms. The van der Waals surface area contributed by atoms with Crippen LogP contribution in [0.25, 0.3) is 6.08 Å². The third-order valence-electron chi connectivity index (χ3n) is 3.20. The minimum atomic E-state index is -0.492. The quantitative estimate of drug-likeness (QED) is 0.408. The van der Waals surface area contributed by atoms with Crippen LogP contribution in [0, 0.1) is 0 Å². The number of esters is 1. The zero-order chi connectivity index (χ0) is 18.6. The van der Waals surface area contributed by atoms with E-state index in [2.05, 4.69) is 15.9 Å². The smallest absolute Gasteiger partial charge is 0.326 e. The summed E-state index contributed by atoms with van der Waals surface area (Å²) in [6.45, 7) is 2.00. The second-order valence-electron chi connectivity index (χ2n) is 5.04. The molecule has 134 valence electrons. The lowest BCUT2D eigenvalue weighted by Gasteiger charge is -2.13. The van der Waals surface area contributed by atoms with Crippen molar-refractivity contribution in [3.8, 4) is 11.5 Å². The van der Waals surface area contributed by atoms with Crippen LogP contribution in [0.5, 0.6) is 11.5 Å². The Morgan fingerprint density at radius 1 is 1.48 bits per heavy atom. The molecular weight excluding hydrogens is 430 g/mol. The van der Waals surface area contributed by atoms with Crippen LogP contribution >= 0.6 is 39.9 Å². The van der Waals surface area contributed by atoms with Crippen molar-refractivity contribution >= 4 is 62.2 Å². The van der Waals surface area contributed by atoms with Gasteiger partial charge in [-0.1, -0.05) is 30.9 Å². The minimum absolute atomic E-state index is 0.0223. The van der Waals surface area contributed by atoms with E-state index in [1.165, 1.54) is 12.0 Å². The molecule has 1 aromatic rings. The number of halogens is 1. The number of ether oxygens (including phenoxy) is 2. The van der Waals surface area contributed by atoms with Gasteiger partial charge in [-0.25, -0.2) is 0 Å². The van der Waals surface area contributed by atoms with E-state index in [9.17, 15) is 14.7 Å². The van der Waals surface area contributed by atoms with E-state index in [0.29, 0.717) is 32.3 Å². The summed E-state index contributed by atoms with van der Waals surface area (Å²) in [5.74, 6) is -0.592. The van der Waals surface area contributed by atoms with Gasteiger partial charge in [-0.15, -0.1) is 0 Å². The number of thiocarbonyl (C=S) groups is 1. The molecule has 25 heavy (non-hydrogen) atoms. The van der Waals surface area contributed by atoms with E-state index in [0.717, 1.165) is 11.8 Å². The molecule has 1 saturated heterocycles. The number of hydrogen-bond donors (Lipinski definition) is 1. The van der Waals surface area contributed by atoms with Crippen LogP contribution in [-0.4, -0.2) is 46.5 Å². The first-order valence-corrected chi connectivity index (χ1v) is 9.36. The maximum Gasteiger partial charge on any atom is 0.326 e. The van der Waals surface area contributed by atoms with Crippen LogP contribution in [0.1, 0.15) is 18.9 Å². The summed E-state index contributed by atoms with van der Waals surface area (Å²) in [5, 5.41) is 9.84. The first-order chi connectivity index (χ1) is 11.9. The first-order valence-electron chi connectivity index (χ1n) is 7.34. The van der Waals surface area contributed by atoms with Gasteiger partial charge in [0.25, 0.3) is 5.91 Å². The molecule has 1 aromatic carbocycles. The van der Waals surface area contributed by atoms with Crippen molar-refractivity contribution < 1.29 is 24.2 Å². The van der Waals surface area contributed by atoms with Gasteiger partial charge in [0.1, 0.15) is 10.9 Å². The van der Waals surface area contributed by atoms with E-state index in [-0.39, 0.29) is 24.0 Å². The molecule has 0 saturated carbocycles. The van der Waals surface area contributed by atoms with Crippen LogP contribution in [0.2, 0.25) is 0 Å². The second-order valence-corrected chi connectivity index (χ2v) is 7.57. The lowest BCUT2D eigenvalue weighted by Crippen LogP contribution is -2.34. The molecule has 6 nitrogen and oxygen atoms in total. The topological polar surface area (TPSA) is 76.1 Å². The Morgan fingerprint density at radius 2 is 2.20 bits per heavy atom. The maximum atomic E-state index is 12.5. The van der Waals surface area contributed by atoms with Gasteiger partial charge < -0.3 is 14.6 Å². The van der Waals surface area contributed by atoms with E-state index < -0.39 is 5.97 Å². The molecule has 0 radical (unpaired) electrons. The predicted octanol–water partition coefficient (Wildman–Crippen LogP) is 3.32. The number of benzene rings is 1. The number of nitrogens with zero attached hydrogens (tertiary/aromatic N) is 1. The van der Waals surface area contributed by atoms with Gasteiger partial charge in [-0.05, 0) is 46.1 Å². The van der Waals surface area contributed by atoms with Gasteiger partial charge in [0.2, 0.25) is 0 Å². The molecular formula is C16H16BrNO5S2. The van der Waals surface area contributed by atoms with E-state index in [1.54, 1.807) is 18.2 Å². The Morgan fingerprint density at radius 3 is 2.84 bits per heavy atom. The Labute approximate surface area is 163 Å². The third kappa shape index (κ3) is 4.74. The minimum Gasteiger partial charge on any atom is -0.503 e. The molecule has 9 heteroatoms. The fourth-order valence-corrected chi connectivity index (χ4v) is 3.73. The molecule has 2 rings (SSSR count). The normalized spacial score (nSPS) is 15.8. The number of carbonyl (C=O) groups excluding carboxylic acids is 2. The molecule has 0 atom stereocenters. The molecule has 1 aliphatic rings. The Hall–Kier alpha value is -1.58. The van der Waals surface area contributed by atoms with Crippen molar-refractivity contribution in [2.24, 2.45) is 0 Å². The Kier molecular flexibility index (Phi) is 6.86. The highest BCUT2D eigenvalue weighted by molar-refractivity contribution is 9.10. The summed E-state index contributed by atoms with van der Waals surface area (Å²) in [6, 6.07) is 3.25. The van der Waals surface area contributed by atoms with Gasteiger partial charge in [-0.3, -0.25) is 14.5 Å². The van der Waals surface area contributed by atoms with Crippen molar-refractivity contribution in [3.63, 3.8) is 0 Å². The highest BCUT2D eigenvalue weighted by Gasteiger charge is 2.33. The van der Waals surface area contributed by atoms with Crippen molar-refractivity contribution in [2.45, 2.75) is 13.3 Å². The zero-order valence-electron chi connectivity index (χ0n) is 13.6. The van der Waals surface area contributed by atoms with Crippen molar-refractivity contribution in [2.75, 3.05) is 20.3 Å². The fraction of sp³-hybridized carbons (Fsp3) is 0.312. The molecule has 0 bridgehead atoms. The van der Waals surface area contributed by atoms with Gasteiger partial charge in [0.05, 0.1) is 23.1 Å². The number of amides is 1. The fourth-order valence-electron chi connectivity index (χ4n) is 2.01. The highest BCUT2D eigenvalue weighted by Crippen LogP contribution is 2.38. The molecule has 0 aliphatic carbocycles. The van der Waals surface area contributed by atoms with Crippen LogP contribution < -0.4 is 4.74 Å². The molecule has 1 N–H and O–H groups in total. The summed E-state index contributed by atoms with van der Waals surface area (Å²) in [5.41, 5.74) is 0.649. The lowest BCUT2D eigenvalue weighted by molar-refractivity contribution is -0.146. The van der Waals surface area contributed by atoms with Crippen molar-refractivity contribution in [3.05, 3.63) is 27.1 Å². The average molecular weight is 446 g/mol. The number of methoxy groups -OCH3 is 1. The summed E-state index contributed by atoms with van der Waals surface area (Å²) in [7, 11) is 1.44. The molecule has 0 aromatic heterocycles. The predicted molar refractivity (Wildman–Crippen MR) is 103 cm³/mol. The Balaban J connectivity index is 2.20. The maximum absolute atomic E-state index is 12.5. The van der Waals surface area contributed by atoms with Gasteiger partial charge in [0, 0.05) is 0 Å². The zero-order valence-corrected chi connectivity index (χ0v) is 16.8. The highest BCUT2D eigenvalue weighted by atomic mass is 79.9. The molecule has 1 aliphatic heterocycles. The van der Waals surface area contributed by atoms with Crippen molar-refractivity contribution in [1.82, 2.24) is 4.90 Å². The van der Waals surface area contributed by atoms with Gasteiger partial charge in [0.15, 0.2) is 11.5 Å². The Bertz CT molecular complexity index is 750. The number of thioether (sulfide) groups is 1. The lowest BCUT2D eigenvalue weighted by atomic mass is 10.2. The summed E-state index contributed by atoms with van der Waals surface area (Å²) in [4.78, 5) is 25.8. The number of phenols is 1. The molecule has 1 heterocycles. The van der Waals surface area contributed by atoms with E-state index in [4.69, 9.17) is 21.7 Å². The largest absolute Gasteiger partial charge is 0.503 e. The van der Waals surface area contributed by atoms with E-state index in [1.807, 2.05) is 6.92 Å². The summed E-state index contributed by atoms with van der Waals surface area (Å²) >= 11 is 9.53. The number of aromatic hydroxyl groups is 1. The average Bonchev–Trinajstić information content (AvgIpc) is 2.83. The second kappa shape index (κ2) is 8.68. The third-order valence-corrected chi connectivity index (χ3v) is 5.18. The summed E-state index contributed by atoms with van der Waals surface area (Å²) < 4.78 is 10.8. The SMILES string of the molecule is CCCOC(=O)CN1C(=O)C(=Cc2cc(Br)c(O)c(OC)c2)SC1=S. The van der Waals surface area contributed by atoms with Gasteiger partial charge in [-0.2, -0.15) is 0 Å². The monoisotopic (exact) mass is 445 g/mol. The van der Waals surface area contributed by atoms with Crippen LogP contribution in [0.4, 0.5) is 0 Å². The van der Waals surface area contributed by atoms with Crippen LogP contribution in [0.15, 0.2) is 21.5 Å². The van der Waals surface area contributed by atoms with Crippen LogP contribution in [-0.2, 0) is 14.3 Å². The number of phenolic OH excluding ortho intramolecular Hbond substituents is 1. The van der Waals surface area contributed by atoms with Crippen molar-refractivity contribution in [1.29, 1.82) is 0 Å². The number of carbonyl (C=O) groups is 2. The molecule has 0 unspecified atom stereocenters. The standard InChI is InChI=1S/C16H16BrNO5S2/c1-3-4-23-13(19)8-18-15(21)12(25-16(18)24)7-9-5-10(17)14(20)11(6-9)22-2/h5-7,20H,3-4,8H2,1-2H3. The first kappa shape index (κ1) is 19.7.